The van der Waals surface area contributed by atoms with Crippen LogP contribution in [0.3, 0.4) is 0 Å². The molecule has 1 heterocycles. The third-order valence-electron chi connectivity index (χ3n) is 3.92. The third-order valence-corrected chi connectivity index (χ3v) is 5.32. The number of hydrogen-bond donors (Lipinski definition) is 2. The fraction of sp³-hybridized carbons (Fsp3) is 0.389. The van der Waals surface area contributed by atoms with Gasteiger partial charge in [-0.2, -0.15) is 0 Å². The van der Waals surface area contributed by atoms with E-state index < -0.39 is 10.0 Å². The van der Waals surface area contributed by atoms with Crippen LogP contribution in [-0.4, -0.2) is 40.8 Å². The van der Waals surface area contributed by atoms with Crippen LogP contribution in [0, 0.1) is 13.8 Å². The summed E-state index contributed by atoms with van der Waals surface area (Å²) in [5, 5.41) is 3.14. The van der Waals surface area contributed by atoms with E-state index in [9.17, 15) is 8.42 Å². The summed E-state index contributed by atoms with van der Waals surface area (Å²) in [4.78, 5) is 4.32. The summed E-state index contributed by atoms with van der Waals surface area (Å²) in [6.07, 6.45) is 2.34. The molecule has 0 atom stereocenters. The zero-order chi connectivity index (χ0) is 19.2. The van der Waals surface area contributed by atoms with E-state index in [-0.39, 0.29) is 4.90 Å². The number of ether oxygens (including phenoxy) is 2. The zero-order valence-corrected chi connectivity index (χ0v) is 16.3. The maximum Gasteiger partial charge on any atom is 0.265 e. The van der Waals surface area contributed by atoms with Crippen LogP contribution in [0.5, 0.6) is 5.75 Å². The van der Waals surface area contributed by atoms with Gasteiger partial charge in [0, 0.05) is 20.3 Å². The summed E-state index contributed by atoms with van der Waals surface area (Å²) in [6, 6.07) is 6.71. The first-order valence-corrected chi connectivity index (χ1v) is 9.72. The highest BCUT2D eigenvalue weighted by Gasteiger charge is 2.21. The molecule has 26 heavy (non-hydrogen) atoms. The zero-order valence-electron chi connectivity index (χ0n) is 15.5. The molecular formula is C18H25N3O4S. The van der Waals surface area contributed by atoms with Gasteiger partial charge in [-0.25, -0.2) is 13.4 Å². The molecule has 0 amide bonds. The number of nitrogens with zero attached hydrogens (tertiary/aromatic N) is 1. The van der Waals surface area contributed by atoms with Crippen LogP contribution < -0.4 is 14.8 Å². The van der Waals surface area contributed by atoms with Gasteiger partial charge in [0.1, 0.15) is 16.5 Å². The van der Waals surface area contributed by atoms with Crippen molar-refractivity contribution in [3.05, 3.63) is 41.6 Å². The van der Waals surface area contributed by atoms with E-state index in [1.165, 1.54) is 13.3 Å². The maximum absolute atomic E-state index is 12.7. The highest BCUT2D eigenvalue weighted by atomic mass is 32.2. The van der Waals surface area contributed by atoms with Crippen LogP contribution in [0.1, 0.15) is 17.5 Å². The van der Waals surface area contributed by atoms with Gasteiger partial charge in [0.15, 0.2) is 0 Å². The van der Waals surface area contributed by atoms with E-state index in [1.54, 1.807) is 31.4 Å². The molecule has 8 heteroatoms. The Kier molecular flexibility index (Phi) is 6.82. The van der Waals surface area contributed by atoms with Crippen LogP contribution in [0.4, 0.5) is 11.5 Å². The number of nitrogens with one attached hydrogen (secondary N) is 2. The summed E-state index contributed by atoms with van der Waals surface area (Å²) >= 11 is 0. The molecule has 7 nitrogen and oxygen atoms in total. The van der Waals surface area contributed by atoms with Crippen molar-refractivity contribution in [2.24, 2.45) is 0 Å². The fourth-order valence-corrected chi connectivity index (χ4v) is 3.61. The van der Waals surface area contributed by atoms with E-state index >= 15 is 0 Å². The molecule has 1 aromatic heterocycles. The molecule has 2 N–H and O–H groups in total. The number of sulfonamides is 1. The lowest BCUT2D eigenvalue weighted by molar-refractivity contribution is 0.198. The number of aromatic nitrogens is 1. The van der Waals surface area contributed by atoms with Crippen LogP contribution in [0.25, 0.3) is 0 Å². The summed E-state index contributed by atoms with van der Waals surface area (Å²) in [5.74, 6) is 0.984. The summed E-state index contributed by atoms with van der Waals surface area (Å²) in [6.45, 7) is 5.16. The molecule has 2 rings (SSSR count). The lowest BCUT2D eigenvalue weighted by Crippen LogP contribution is -2.15. The van der Waals surface area contributed by atoms with Gasteiger partial charge in [0.25, 0.3) is 10.0 Å². The molecule has 2 aromatic rings. The first-order valence-electron chi connectivity index (χ1n) is 8.24. The van der Waals surface area contributed by atoms with Crippen molar-refractivity contribution in [2.45, 2.75) is 25.2 Å². The van der Waals surface area contributed by atoms with Gasteiger partial charge in [-0.05, 0) is 55.7 Å². The lowest BCUT2D eigenvalue weighted by atomic mass is 10.1. The van der Waals surface area contributed by atoms with Crippen molar-refractivity contribution in [2.75, 3.05) is 37.4 Å². The minimum absolute atomic E-state index is 0.102. The Morgan fingerprint density at radius 1 is 1.12 bits per heavy atom. The van der Waals surface area contributed by atoms with E-state index in [0.29, 0.717) is 23.9 Å². The number of rotatable bonds is 9. The maximum atomic E-state index is 12.7. The molecule has 0 saturated carbocycles. The Labute approximate surface area is 154 Å². The van der Waals surface area contributed by atoms with Gasteiger partial charge >= 0.3 is 0 Å². The van der Waals surface area contributed by atoms with Crippen molar-refractivity contribution >= 4 is 21.5 Å². The Hall–Kier alpha value is -2.32. The van der Waals surface area contributed by atoms with Gasteiger partial charge < -0.3 is 14.8 Å². The number of hydrogen-bond acceptors (Lipinski definition) is 6. The molecular weight excluding hydrogens is 354 g/mol. The standard InChI is InChI=1S/C18H25N3O4S/c1-13-10-16(25-4)17(11-14(13)2)26(22,23)21-15-6-7-18(20-12-15)19-8-5-9-24-3/h6-7,10-12,21H,5,8-9H2,1-4H3,(H,19,20). The molecule has 0 fully saturated rings. The van der Waals surface area contributed by atoms with Crippen LogP contribution in [0.15, 0.2) is 35.4 Å². The fourth-order valence-electron chi connectivity index (χ4n) is 2.33. The summed E-state index contributed by atoms with van der Waals surface area (Å²) < 4.78 is 38.2. The molecule has 0 bridgehead atoms. The topological polar surface area (TPSA) is 89.6 Å². The average molecular weight is 379 g/mol. The average Bonchev–Trinajstić information content (AvgIpc) is 2.61. The van der Waals surface area contributed by atoms with Gasteiger partial charge in [-0.3, -0.25) is 4.72 Å². The van der Waals surface area contributed by atoms with Crippen molar-refractivity contribution < 1.29 is 17.9 Å². The Bertz CT molecular complexity index is 836. The van der Waals surface area contributed by atoms with E-state index in [2.05, 4.69) is 15.0 Å². The summed E-state index contributed by atoms with van der Waals surface area (Å²) in [7, 11) is -0.675. The minimum Gasteiger partial charge on any atom is -0.495 e. The van der Waals surface area contributed by atoms with E-state index in [0.717, 1.165) is 24.1 Å². The summed E-state index contributed by atoms with van der Waals surface area (Å²) in [5.41, 5.74) is 2.22. The van der Waals surface area contributed by atoms with Crippen LogP contribution in [-0.2, 0) is 14.8 Å². The number of pyridine rings is 1. The second-order valence-electron chi connectivity index (χ2n) is 5.90. The number of anilines is 2. The predicted octanol–water partition coefficient (Wildman–Crippen LogP) is 2.96. The Morgan fingerprint density at radius 2 is 1.85 bits per heavy atom. The quantitative estimate of drug-likeness (QED) is 0.651. The third kappa shape index (κ3) is 5.09. The van der Waals surface area contributed by atoms with E-state index in [1.807, 2.05) is 13.8 Å². The second kappa shape index (κ2) is 8.86. The molecule has 0 aliphatic carbocycles. The first-order chi connectivity index (χ1) is 12.4. The van der Waals surface area contributed by atoms with E-state index in [4.69, 9.17) is 9.47 Å². The largest absolute Gasteiger partial charge is 0.495 e. The normalized spacial score (nSPS) is 11.2. The molecule has 0 saturated heterocycles. The van der Waals surface area contributed by atoms with Crippen molar-refractivity contribution in [1.82, 2.24) is 4.98 Å². The molecule has 0 aliphatic heterocycles. The van der Waals surface area contributed by atoms with Crippen molar-refractivity contribution in [3.63, 3.8) is 0 Å². The molecule has 142 valence electrons. The minimum atomic E-state index is -3.78. The van der Waals surface area contributed by atoms with Gasteiger partial charge in [0.2, 0.25) is 0 Å². The lowest BCUT2D eigenvalue weighted by Gasteiger charge is -2.14. The smallest absolute Gasteiger partial charge is 0.265 e. The monoisotopic (exact) mass is 379 g/mol. The molecule has 0 unspecified atom stereocenters. The molecule has 0 aliphatic rings. The highest BCUT2D eigenvalue weighted by molar-refractivity contribution is 7.92. The van der Waals surface area contributed by atoms with Crippen LogP contribution >= 0.6 is 0 Å². The van der Waals surface area contributed by atoms with Gasteiger partial charge in [0.05, 0.1) is 19.0 Å². The predicted molar refractivity (Wildman–Crippen MR) is 102 cm³/mol. The molecule has 0 radical (unpaired) electrons. The van der Waals surface area contributed by atoms with Crippen LogP contribution in [0.2, 0.25) is 0 Å². The van der Waals surface area contributed by atoms with Gasteiger partial charge in [-0.15, -0.1) is 0 Å². The highest BCUT2D eigenvalue weighted by Crippen LogP contribution is 2.29. The number of benzene rings is 1. The second-order valence-corrected chi connectivity index (χ2v) is 7.55. The SMILES string of the molecule is COCCCNc1ccc(NS(=O)(=O)c2cc(C)c(C)cc2OC)cn1. The first kappa shape index (κ1) is 20.0. The number of aryl methyl sites for hydroxylation is 2. The van der Waals surface area contributed by atoms with Crippen molar-refractivity contribution in [1.29, 1.82) is 0 Å². The molecule has 0 spiro atoms. The molecule has 1 aromatic carbocycles. The Morgan fingerprint density at radius 3 is 2.46 bits per heavy atom. The number of methoxy groups -OCH3 is 2. The van der Waals surface area contributed by atoms with Gasteiger partial charge in [-0.1, -0.05) is 0 Å². The van der Waals surface area contributed by atoms with Crippen molar-refractivity contribution in [3.8, 4) is 5.75 Å². The Balaban J connectivity index is 2.13.